The van der Waals surface area contributed by atoms with Crippen molar-refractivity contribution in [3.63, 3.8) is 0 Å². The van der Waals surface area contributed by atoms with E-state index in [1.165, 1.54) is 28.8 Å². The zero-order valence-corrected chi connectivity index (χ0v) is 21.6. The molecule has 2 aliphatic rings. The van der Waals surface area contributed by atoms with E-state index in [4.69, 9.17) is 5.11 Å². The summed E-state index contributed by atoms with van der Waals surface area (Å²) < 4.78 is 13.6. The molecule has 3 N–H and O–H groups in total. The Bertz CT molecular complexity index is 1480. The minimum atomic E-state index is -0.249. The van der Waals surface area contributed by atoms with Crippen molar-refractivity contribution >= 4 is 11.5 Å². The number of hydrogen-bond acceptors (Lipinski definition) is 4. The summed E-state index contributed by atoms with van der Waals surface area (Å²) in [5.74, 6) is -0.00851. The Balaban J connectivity index is 1.26. The lowest BCUT2D eigenvalue weighted by molar-refractivity contribution is 0.0944. The molecule has 0 radical (unpaired) electrons. The van der Waals surface area contributed by atoms with Gasteiger partial charge in [-0.15, -0.1) is 0 Å². The first-order valence-corrected chi connectivity index (χ1v) is 13.4. The van der Waals surface area contributed by atoms with E-state index in [0.29, 0.717) is 17.5 Å². The van der Waals surface area contributed by atoms with E-state index in [9.17, 15) is 9.18 Å². The number of aliphatic hydroxyl groups excluding tert-OH is 1. The Hall–Kier alpha value is -4.07. The Morgan fingerprint density at radius 1 is 1.05 bits per heavy atom. The molecule has 2 atom stereocenters. The van der Waals surface area contributed by atoms with Crippen LogP contribution in [-0.4, -0.2) is 58.2 Å². The summed E-state index contributed by atoms with van der Waals surface area (Å²) >= 11 is 0. The van der Waals surface area contributed by atoms with E-state index in [0.717, 1.165) is 48.3 Å². The highest BCUT2D eigenvalue weighted by molar-refractivity contribution is 5.94. The van der Waals surface area contributed by atoms with Gasteiger partial charge in [-0.1, -0.05) is 18.2 Å². The van der Waals surface area contributed by atoms with Crippen LogP contribution < -0.4 is 5.32 Å². The number of halogens is 1. The molecule has 0 spiro atoms. The van der Waals surface area contributed by atoms with Crippen molar-refractivity contribution in [3.8, 4) is 22.4 Å². The SMILES string of the molecule is O=C(NCCO)c1ccc([C@@H]2C[C@H]3C=C(c4c[nH]c(-c5ccc(F)cc5)c4-c4ccncc4)CCN3C2)cc1. The fourth-order valence-corrected chi connectivity index (χ4v) is 5.93. The predicted molar refractivity (Wildman–Crippen MR) is 151 cm³/mol. The van der Waals surface area contributed by atoms with Crippen molar-refractivity contribution in [2.75, 3.05) is 26.2 Å². The van der Waals surface area contributed by atoms with Crippen molar-refractivity contribution in [1.29, 1.82) is 0 Å². The number of nitrogens with zero attached hydrogens (tertiary/aromatic N) is 2. The lowest BCUT2D eigenvalue weighted by atomic mass is 9.90. The number of aromatic nitrogens is 2. The maximum Gasteiger partial charge on any atom is 0.251 e. The number of amides is 1. The van der Waals surface area contributed by atoms with Crippen LogP contribution in [0.4, 0.5) is 4.39 Å². The van der Waals surface area contributed by atoms with Crippen molar-refractivity contribution < 1.29 is 14.3 Å². The topological polar surface area (TPSA) is 81.2 Å². The minimum Gasteiger partial charge on any atom is -0.395 e. The molecule has 39 heavy (non-hydrogen) atoms. The molecule has 4 heterocycles. The minimum absolute atomic E-state index is 0.0705. The number of nitrogens with one attached hydrogen (secondary N) is 2. The first kappa shape index (κ1) is 25.2. The molecule has 1 saturated heterocycles. The molecule has 0 saturated carbocycles. The largest absolute Gasteiger partial charge is 0.395 e. The summed E-state index contributed by atoms with van der Waals surface area (Å²) in [5.41, 5.74) is 8.48. The van der Waals surface area contributed by atoms with Gasteiger partial charge in [0.1, 0.15) is 5.82 Å². The lowest BCUT2D eigenvalue weighted by Crippen LogP contribution is -2.32. The molecule has 6 rings (SSSR count). The summed E-state index contributed by atoms with van der Waals surface area (Å²) in [6, 6.07) is 18.9. The Kier molecular flexibility index (Phi) is 7.09. The van der Waals surface area contributed by atoms with Crippen LogP contribution in [0.2, 0.25) is 0 Å². The molecule has 1 fully saturated rings. The first-order chi connectivity index (χ1) is 19.1. The Morgan fingerprint density at radius 2 is 1.82 bits per heavy atom. The summed E-state index contributed by atoms with van der Waals surface area (Å²) in [4.78, 5) is 22.4. The standard InChI is InChI=1S/C32H31FN4O2/c33-27-7-5-23(6-8-27)31-30(22-9-12-34-13-10-22)29(19-36-31)25-11-15-37-20-26(18-28(37)17-25)21-1-3-24(4-2-21)32(39)35-14-16-38/h1-10,12-13,17,19,26,28,36,38H,11,14-16,18,20H2,(H,35,39)/t26-,28-/m1/s1. The highest BCUT2D eigenvalue weighted by atomic mass is 19.1. The van der Waals surface area contributed by atoms with Crippen molar-refractivity contribution in [2.24, 2.45) is 0 Å². The van der Waals surface area contributed by atoms with Crippen LogP contribution in [0, 0.1) is 5.82 Å². The highest BCUT2D eigenvalue weighted by Gasteiger charge is 2.34. The van der Waals surface area contributed by atoms with Gasteiger partial charge >= 0.3 is 0 Å². The molecule has 0 unspecified atom stereocenters. The first-order valence-electron chi connectivity index (χ1n) is 13.4. The molecule has 2 aromatic carbocycles. The van der Waals surface area contributed by atoms with Crippen LogP contribution in [0.1, 0.15) is 40.2 Å². The van der Waals surface area contributed by atoms with Gasteiger partial charge in [0.05, 0.1) is 12.3 Å². The number of fused-ring (bicyclic) bond motifs is 1. The van der Waals surface area contributed by atoms with E-state index in [2.05, 4.69) is 44.6 Å². The van der Waals surface area contributed by atoms with Gasteiger partial charge in [-0.2, -0.15) is 0 Å². The smallest absolute Gasteiger partial charge is 0.251 e. The highest BCUT2D eigenvalue weighted by Crippen LogP contribution is 2.42. The number of carbonyl (C=O) groups is 1. The fourth-order valence-electron chi connectivity index (χ4n) is 5.93. The molecule has 0 aliphatic carbocycles. The maximum absolute atomic E-state index is 13.6. The summed E-state index contributed by atoms with van der Waals surface area (Å²) in [6.07, 6.45) is 10.1. The van der Waals surface area contributed by atoms with Crippen molar-refractivity contribution in [3.05, 3.63) is 108 Å². The second-order valence-corrected chi connectivity index (χ2v) is 10.2. The lowest BCUT2D eigenvalue weighted by Gasteiger charge is -2.28. The quantitative estimate of drug-likeness (QED) is 0.310. The molecule has 4 aromatic rings. The maximum atomic E-state index is 13.6. The van der Waals surface area contributed by atoms with Gasteiger partial charge in [-0.05, 0) is 89.6 Å². The van der Waals surface area contributed by atoms with E-state index in [1.807, 2.05) is 36.4 Å². The van der Waals surface area contributed by atoms with E-state index >= 15 is 0 Å². The third-order valence-electron chi connectivity index (χ3n) is 7.88. The number of pyridine rings is 1. The van der Waals surface area contributed by atoms with Crippen molar-refractivity contribution in [1.82, 2.24) is 20.2 Å². The zero-order valence-electron chi connectivity index (χ0n) is 21.6. The van der Waals surface area contributed by atoms with E-state index in [-0.39, 0.29) is 24.9 Å². The van der Waals surface area contributed by atoms with Crippen LogP contribution >= 0.6 is 0 Å². The normalized spacial score (nSPS) is 19.0. The van der Waals surface area contributed by atoms with E-state index < -0.39 is 0 Å². The van der Waals surface area contributed by atoms with Crippen LogP contribution in [-0.2, 0) is 0 Å². The molecule has 198 valence electrons. The van der Waals surface area contributed by atoms with Gasteiger partial charge in [-0.3, -0.25) is 14.7 Å². The van der Waals surface area contributed by atoms with Crippen molar-refractivity contribution in [2.45, 2.75) is 24.8 Å². The molecule has 0 bridgehead atoms. The van der Waals surface area contributed by atoms with Gasteiger partial charge in [0, 0.05) is 61.0 Å². The van der Waals surface area contributed by atoms with Gasteiger partial charge in [-0.25, -0.2) is 4.39 Å². The Morgan fingerprint density at radius 3 is 2.56 bits per heavy atom. The molecular formula is C32H31FN4O2. The average Bonchev–Trinajstić information content (AvgIpc) is 3.61. The zero-order chi connectivity index (χ0) is 26.8. The number of H-pyrrole nitrogens is 1. The number of rotatable bonds is 7. The molecule has 2 aliphatic heterocycles. The molecular weight excluding hydrogens is 491 g/mol. The average molecular weight is 523 g/mol. The second kappa shape index (κ2) is 11.0. The molecule has 2 aromatic heterocycles. The molecule has 7 heteroatoms. The Labute approximate surface area is 227 Å². The number of aromatic amines is 1. The second-order valence-electron chi connectivity index (χ2n) is 10.2. The number of hydrogen-bond donors (Lipinski definition) is 3. The van der Waals surface area contributed by atoms with Gasteiger partial charge in [0.15, 0.2) is 0 Å². The summed E-state index contributed by atoms with van der Waals surface area (Å²) in [5, 5.41) is 11.6. The van der Waals surface area contributed by atoms with Crippen LogP contribution in [0.5, 0.6) is 0 Å². The summed E-state index contributed by atoms with van der Waals surface area (Å²) in [6.45, 7) is 2.17. The fraction of sp³-hybridized carbons (Fsp3) is 0.250. The molecule has 1 amide bonds. The monoisotopic (exact) mass is 522 g/mol. The number of aliphatic hydroxyl groups is 1. The number of carbonyl (C=O) groups excluding carboxylic acids is 1. The van der Waals surface area contributed by atoms with Gasteiger partial charge in [0.25, 0.3) is 5.91 Å². The third-order valence-corrected chi connectivity index (χ3v) is 7.88. The molecule has 6 nitrogen and oxygen atoms in total. The van der Waals surface area contributed by atoms with Crippen LogP contribution in [0.3, 0.4) is 0 Å². The third kappa shape index (κ3) is 5.15. The summed E-state index contributed by atoms with van der Waals surface area (Å²) in [7, 11) is 0. The van der Waals surface area contributed by atoms with E-state index in [1.54, 1.807) is 12.4 Å². The van der Waals surface area contributed by atoms with Gasteiger partial charge < -0.3 is 15.4 Å². The van der Waals surface area contributed by atoms with Crippen LogP contribution in [0.15, 0.2) is 85.3 Å². The van der Waals surface area contributed by atoms with Crippen LogP contribution in [0.25, 0.3) is 28.0 Å². The number of benzene rings is 2. The van der Waals surface area contributed by atoms with Gasteiger partial charge in [0.2, 0.25) is 0 Å². The predicted octanol–water partition coefficient (Wildman–Crippen LogP) is 5.25.